The van der Waals surface area contributed by atoms with Gasteiger partial charge in [-0.25, -0.2) is 0 Å². The van der Waals surface area contributed by atoms with E-state index in [0.717, 1.165) is 22.6 Å². The number of benzene rings is 1. The fraction of sp³-hybridized carbons (Fsp3) is 0.625. The van der Waals surface area contributed by atoms with Crippen molar-refractivity contribution in [1.29, 1.82) is 0 Å². The summed E-state index contributed by atoms with van der Waals surface area (Å²) in [6, 6.07) is 6.19. The second kappa shape index (κ2) is 7.30. The first-order valence-electron chi connectivity index (χ1n) is 7.29. The van der Waals surface area contributed by atoms with Gasteiger partial charge in [-0.05, 0) is 36.5 Å². The Kier molecular flexibility index (Phi) is 5.71. The van der Waals surface area contributed by atoms with Crippen molar-refractivity contribution in [2.24, 2.45) is 11.7 Å². The molecule has 1 unspecified atom stereocenters. The molecule has 0 spiro atoms. The fourth-order valence-corrected chi connectivity index (χ4v) is 3.63. The van der Waals surface area contributed by atoms with E-state index in [9.17, 15) is 0 Å². The first-order valence-corrected chi connectivity index (χ1v) is 8.09. The molecule has 1 aliphatic carbocycles. The van der Waals surface area contributed by atoms with Gasteiger partial charge >= 0.3 is 0 Å². The Bertz CT molecular complexity index is 402. The summed E-state index contributed by atoms with van der Waals surface area (Å²) in [4.78, 5) is 0. The van der Waals surface area contributed by atoms with Crippen molar-refractivity contribution in [3.63, 3.8) is 0 Å². The Morgan fingerprint density at radius 3 is 2.68 bits per heavy atom. The minimum absolute atomic E-state index is 0.127. The molecule has 0 heterocycles. The summed E-state index contributed by atoms with van der Waals surface area (Å²) < 4.78 is 6.27. The molecule has 1 aromatic carbocycles. The average Bonchev–Trinajstić information content (AvgIpc) is 2.45. The number of hydrogen-bond acceptors (Lipinski definition) is 2. The molecule has 1 atom stereocenters. The molecule has 0 bridgehead atoms. The summed E-state index contributed by atoms with van der Waals surface area (Å²) in [5.74, 6) is 1.77. The molecule has 106 valence electrons. The van der Waals surface area contributed by atoms with E-state index in [-0.39, 0.29) is 6.04 Å². The van der Waals surface area contributed by atoms with Gasteiger partial charge in [-0.3, -0.25) is 0 Å². The van der Waals surface area contributed by atoms with Crippen molar-refractivity contribution in [3.05, 3.63) is 28.2 Å². The number of ether oxygens (including phenoxy) is 1. The van der Waals surface area contributed by atoms with Crippen LogP contribution in [0.15, 0.2) is 22.7 Å². The van der Waals surface area contributed by atoms with Crippen LogP contribution >= 0.6 is 15.9 Å². The zero-order valence-corrected chi connectivity index (χ0v) is 13.3. The van der Waals surface area contributed by atoms with Crippen LogP contribution in [0.25, 0.3) is 0 Å². The molecule has 2 N–H and O–H groups in total. The summed E-state index contributed by atoms with van der Waals surface area (Å²) in [6.07, 6.45) is 9.38. The Balaban J connectivity index is 1.89. The van der Waals surface area contributed by atoms with E-state index in [0.29, 0.717) is 0 Å². The number of rotatable bonds is 5. The lowest BCUT2D eigenvalue weighted by Gasteiger charge is -2.23. The van der Waals surface area contributed by atoms with Crippen molar-refractivity contribution < 1.29 is 4.74 Å². The van der Waals surface area contributed by atoms with Crippen LogP contribution in [0.1, 0.15) is 56.6 Å². The van der Waals surface area contributed by atoms with Crippen molar-refractivity contribution in [3.8, 4) is 5.75 Å². The molecule has 1 saturated carbocycles. The van der Waals surface area contributed by atoms with Crippen molar-refractivity contribution >= 4 is 15.9 Å². The third-order valence-corrected chi connectivity index (χ3v) is 4.90. The number of hydrogen-bond donors (Lipinski definition) is 1. The van der Waals surface area contributed by atoms with E-state index in [1.165, 1.54) is 44.1 Å². The monoisotopic (exact) mass is 325 g/mol. The van der Waals surface area contributed by atoms with Crippen molar-refractivity contribution in [1.82, 2.24) is 0 Å². The summed E-state index contributed by atoms with van der Waals surface area (Å²) >= 11 is 3.59. The largest absolute Gasteiger partial charge is 0.497 e. The Morgan fingerprint density at radius 1 is 1.32 bits per heavy atom. The number of halogens is 1. The van der Waals surface area contributed by atoms with Gasteiger partial charge in [0.1, 0.15) is 5.75 Å². The fourth-order valence-electron chi connectivity index (χ4n) is 2.98. The number of methoxy groups -OCH3 is 1. The maximum absolute atomic E-state index is 6.33. The van der Waals surface area contributed by atoms with Crippen LogP contribution in [0.5, 0.6) is 5.75 Å². The van der Waals surface area contributed by atoms with Gasteiger partial charge in [0.15, 0.2) is 0 Å². The first kappa shape index (κ1) is 14.9. The van der Waals surface area contributed by atoms with Gasteiger partial charge in [-0.1, -0.05) is 54.1 Å². The van der Waals surface area contributed by atoms with E-state index >= 15 is 0 Å². The lowest BCUT2D eigenvalue weighted by Crippen LogP contribution is -2.14. The van der Waals surface area contributed by atoms with Gasteiger partial charge in [-0.15, -0.1) is 0 Å². The van der Waals surface area contributed by atoms with Gasteiger partial charge in [0, 0.05) is 10.5 Å². The van der Waals surface area contributed by atoms with Crippen LogP contribution in [0.4, 0.5) is 0 Å². The van der Waals surface area contributed by atoms with Gasteiger partial charge in [-0.2, -0.15) is 0 Å². The summed E-state index contributed by atoms with van der Waals surface area (Å²) in [6.45, 7) is 0. The van der Waals surface area contributed by atoms with Crippen LogP contribution in [0.2, 0.25) is 0 Å². The molecule has 0 amide bonds. The van der Waals surface area contributed by atoms with Crippen LogP contribution < -0.4 is 10.5 Å². The Morgan fingerprint density at radius 2 is 2.05 bits per heavy atom. The molecule has 1 fully saturated rings. The molecule has 0 aliphatic heterocycles. The summed E-state index contributed by atoms with van der Waals surface area (Å²) in [5, 5.41) is 0. The second-order valence-corrected chi connectivity index (χ2v) is 6.43. The van der Waals surface area contributed by atoms with Gasteiger partial charge < -0.3 is 10.5 Å². The molecule has 2 rings (SSSR count). The molecule has 3 heteroatoms. The van der Waals surface area contributed by atoms with Gasteiger partial charge in [0.25, 0.3) is 0 Å². The third kappa shape index (κ3) is 4.22. The molecule has 0 radical (unpaired) electrons. The number of nitrogens with two attached hydrogens (primary N) is 1. The van der Waals surface area contributed by atoms with E-state index in [1.807, 2.05) is 12.1 Å². The highest BCUT2D eigenvalue weighted by molar-refractivity contribution is 9.10. The van der Waals surface area contributed by atoms with Crippen molar-refractivity contribution in [2.45, 2.75) is 51.0 Å². The van der Waals surface area contributed by atoms with E-state index in [4.69, 9.17) is 10.5 Å². The third-order valence-electron chi connectivity index (χ3n) is 4.22. The molecule has 19 heavy (non-hydrogen) atoms. The van der Waals surface area contributed by atoms with Crippen LogP contribution in [0, 0.1) is 5.92 Å². The van der Waals surface area contributed by atoms with Crippen molar-refractivity contribution in [2.75, 3.05) is 7.11 Å². The first-order chi connectivity index (χ1) is 9.20. The van der Waals surface area contributed by atoms with E-state index < -0.39 is 0 Å². The van der Waals surface area contributed by atoms with Crippen LogP contribution in [0.3, 0.4) is 0 Å². The molecular formula is C16H24BrNO. The summed E-state index contributed by atoms with van der Waals surface area (Å²) in [7, 11) is 1.68. The highest BCUT2D eigenvalue weighted by Crippen LogP contribution is 2.32. The normalized spacial score (nSPS) is 18.3. The van der Waals surface area contributed by atoms with Gasteiger partial charge in [0.2, 0.25) is 0 Å². The summed E-state index contributed by atoms with van der Waals surface area (Å²) in [5.41, 5.74) is 7.53. The molecule has 1 aliphatic rings. The average molecular weight is 326 g/mol. The zero-order valence-electron chi connectivity index (χ0n) is 11.7. The van der Waals surface area contributed by atoms with E-state index in [1.54, 1.807) is 7.11 Å². The van der Waals surface area contributed by atoms with E-state index in [2.05, 4.69) is 22.0 Å². The molecule has 1 aromatic rings. The standard InChI is InChI=1S/C16H24BrNO/c1-19-13-8-9-14(15(17)11-13)16(18)10-7-12-5-3-2-4-6-12/h8-9,11-12,16H,2-7,10,18H2,1H3. The minimum Gasteiger partial charge on any atom is -0.497 e. The maximum Gasteiger partial charge on any atom is 0.120 e. The quantitative estimate of drug-likeness (QED) is 0.842. The lowest BCUT2D eigenvalue weighted by atomic mass is 9.84. The van der Waals surface area contributed by atoms with Crippen LogP contribution in [-0.4, -0.2) is 7.11 Å². The molecule has 2 nitrogen and oxygen atoms in total. The minimum atomic E-state index is 0.127. The second-order valence-electron chi connectivity index (χ2n) is 5.58. The maximum atomic E-state index is 6.33. The van der Waals surface area contributed by atoms with Crippen LogP contribution in [-0.2, 0) is 0 Å². The highest BCUT2D eigenvalue weighted by atomic mass is 79.9. The molecule has 0 saturated heterocycles. The smallest absolute Gasteiger partial charge is 0.120 e. The van der Waals surface area contributed by atoms with Gasteiger partial charge in [0.05, 0.1) is 7.11 Å². The molecule has 0 aromatic heterocycles. The predicted molar refractivity (Wildman–Crippen MR) is 83.4 cm³/mol. The Hall–Kier alpha value is -0.540. The lowest BCUT2D eigenvalue weighted by molar-refractivity contribution is 0.324. The zero-order chi connectivity index (χ0) is 13.7. The topological polar surface area (TPSA) is 35.2 Å². The Labute approximate surface area is 124 Å². The highest BCUT2D eigenvalue weighted by Gasteiger charge is 2.16. The SMILES string of the molecule is COc1ccc(C(N)CCC2CCCCC2)c(Br)c1. The predicted octanol–water partition coefficient (Wildman–Crippen LogP) is 4.82. The molecular weight excluding hydrogens is 302 g/mol.